The summed E-state index contributed by atoms with van der Waals surface area (Å²) in [5, 5.41) is 0. The van der Waals surface area contributed by atoms with Crippen molar-refractivity contribution >= 4 is 12.6 Å². The van der Waals surface area contributed by atoms with Crippen LogP contribution in [-0.2, 0) is 9.31 Å². The topological polar surface area (TPSA) is 18.5 Å². The zero-order valence-electron chi connectivity index (χ0n) is 12.7. The first-order valence-corrected chi connectivity index (χ1v) is 8.22. The Labute approximate surface area is 124 Å². The Morgan fingerprint density at radius 1 is 1.05 bits per heavy atom. The van der Waals surface area contributed by atoms with Crippen LogP contribution in [0.25, 0.3) is 0 Å². The van der Waals surface area contributed by atoms with Gasteiger partial charge in [-0.15, -0.1) is 0 Å². The molecule has 1 aliphatic carbocycles. The van der Waals surface area contributed by atoms with Crippen LogP contribution in [0.1, 0.15) is 58.3 Å². The minimum atomic E-state index is -0.184. The molecule has 2 nitrogen and oxygen atoms in total. The Kier molecular flexibility index (Phi) is 7.17. The summed E-state index contributed by atoms with van der Waals surface area (Å²) < 4.78 is 12.2. The number of hydrogen-bond donors (Lipinski definition) is 0. The molecule has 0 aliphatic heterocycles. The van der Waals surface area contributed by atoms with Gasteiger partial charge in [-0.3, -0.25) is 0 Å². The van der Waals surface area contributed by atoms with Gasteiger partial charge in [0, 0.05) is 12.7 Å². The lowest BCUT2D eigenvalue weighted by molar-refractivity contribution is 0.112. The quantitative estimate of drug-likeness (QED) is 0.528. The summed E-state index contributed by atoms with van der Waals surface area (Å²) in [5.74, 6) is 0. The average Bonchev–Trinajstić information content (AvgIpc) is 2.52. The number of hydrogen-bond acceptors (Lipinski definition) is 2. The molecule has 1 saturated carbocycles. The maximum Gasteiger partial charge on any atom is 0.494 e. The molecule has 0 amide bonds. The molecular formula is C17H27BO2. The van der Waals surface area contributed by atoms with Crippen molar-refractivity contribution in [3.63, 3.8) is 0 Å². The van der Waals surface area contributed by atoms with Crippen LogP contribution in [0.4, 0.5) is 0 Å². The van der Waals surface area contributed by atoms with Gasteiger partial charge in [-0.25, -0.2) is 0 Å². The van der Waals surface area contributed by atoms with Gasteiger partial charge in [0.1, 0.15) is 0 Å². The highest BCUT2D eigenvalue weighted by Gasteiger charge is 2.26. The lowest BCUT2D eigenvalue weighted by Gasteiger charge is -2.26. The van der Waals surface area contributed by atoms with Crippen molar-refractivity contribution in [1.29, 1.82) is 0 Å². The second-order valence-electron chi connectivity index (χ2n) is 5.72. The van der Waals surface area contributed by atoms with Crippen molar-refractivity contribution in [2.45, 2.75) is 64.4 Å². The van der Waals surface area contributed by atoms with Gasteiger partial charge in [-0.1, -0.05) is 69.4 Å². The van der Waals surface area contributed by atoms with Crippen molar-refractivity contribution in [3.05, 3.63) is 30.3 Å². The number of benzene rings is 1. The molecule has 0 heterocycles. The lowest BCUT2D eigenvalue weighted by atomic mass is 9.78. The second-order valence-corrected chi connectivity index (χ2v) is 5.72. The maximum absolute atomic E-state index is 6.24. The van der Waals surface area contributed by atoms with Crippen molar-refractivity contribution in [2.24, 2.45) is 0 Å². The van der Waals surface area contributed by atoms with Crippen LogP contribution in [0.3, 0.4) is 0 Å². The molecule has 110 valence electrons. The summed E-state index contributed by atoms with van der Waals surface area (Å²) in [6.45, 7) is 3.01. The lowest BCUT2D eigenvalue weighted by Crippen LogP contribution is -2.41. The molecule has 1 aromatic carbocycles. The maximum atomic E-state index is 6.24. The average molecular weight is 274 g/mol. The molecule has 0 bridgehead atoms. The van der Waals surface area contributed by atoms with E-state index in [0.717, 1.165) is 18.5 Å². The van der Waals surface area contributed by atoms with E-state index in [-0.39, 0.29) is 7.12 Å². The third-order valence-corrected chi connectivity index (χ3v) is 3.96. The molecule has 0 aromatic heterocycles. The highest BCUT2D eigenvalue weighted by Crippen LogP contribution is 2.21. The Morgan fingerprint density at radius 3 is 2.50 bits per heavy atom. The Morgan fingerprint density at radius 2 is 1.80 bits per heavy atom. The fourth-order valence-electron chi connectivity index (χ4n) is 2.74. The smallest absolute Gasteiger partial charge is 0.407 e. The second kappa shape index (κ2) is 9.20. The van der Waals surface area contributed by atoms with E-state index >= 15 is 0 Å². The van der Waals surface area contributed by atoms with Gasteiger partial charge in [0.2, 0.25) is 0 Å². The van der Waals surface area contributed by atoms with Crippen LogP contribution in [-0.4, -0.2) is 19.8 Å². The largest absolute Gasteiger partial charge is 0.494 e. The molecule has 0 atom stereocenters. The highest BCUT2D eigenvalue weighted by atomic mass is 16.6. The van der Waals surface area contributed by atoms with E-state index < -0.39 is 0 Å². The molecule has 2 rings (SSSR count). The van der Waals surface area contributed by atoms with Gasteiger partial charge < -0.3 is 9.31 Å². The molecule has 0 N–H and O–H groups in total. The molecule has 0 saturated heterocycles. The van der Waals surface area contributed by atoms with Crippen molar-refractivity contribution < 1.29 is 9.31 Å². The molecule has 1 fully saturated rings. The van der Waals surface area contributed by atoms with Crippen molar-refractivity contribution in [1.82, 2.24) is 0 Å². The van der Waals surface area contributed by atoms with Crippen LogP contribution >= 0.6 is 0 Å². The Bertz CT molecular complexity index is 349. The normalized spacial score (nSPS) is 16.2. The predicted octanol–water partition coefficient (Wildman–Crippen LogP) is 3.94. The molecular weight excluding hydrogens is 247 g/mol. The Balaban J connectivity index is 1.89. The molecule has 0 unspecified atom stereocenters. The first kappa shape index (κ1) is 15.6. The van der Waals surface area contributed by atoms with Gasteiger partial charge in [-0.2, -0.15) is 0 Å². The molecule has 3 heteroatoms. The third-order valence-electron chi connectivity index (χ3n) is 3.96. The minimum Gasteiger partial charge on any atom is -0.407 e. The van der Waals surface area contributed by atoms with E-state index in [0.29, 0.717) is 6.10 Å². The minimum absolute atomic E-state index is 0.184. The van der Waals surface area contributed by atoms with Crippen LogP contribution < -0.4 is 5.46 Å². The highest BCUT2D eigenvalue weighted by molar-refractivity contribution is 6.61. The summed E-state index contributed by atoms with van der Waals surface area (Å²) in [6.07, 6.45) is 10.3. The van der Waals surface area contributed by atoms with E-state index in [1.807, 2.05) is 6.07 Å². The summed E-state index contributed by atoms with van der Waals surface area (Å²) in [6, 6.07) is 10.4. The Hall–Kier alpha value is -0.795. The van der Waals surface area contributed by atoms with Gasteiger partial charge in [0.05, 0.1) is 0 Å². The monoisotopic (exact) mass is 274 g/mol. The van der Waals surface area contributed by atoms with Crippen LogP contribution in [0.5, 0.6) is 0 Å². The summed E-state index contributed by atoms with van der Waals surface area (Å²) in [7, 11) is -0.184. The van der Waals surface area contributed by atoms with Crippen molar-refractivity contribution in [3.8, 4) is 0 Å². The molecule has 0 radical (unpaired) electrons. The van der Waals surface area contributed by atoms with Crippen molar-refractivity contribution in [2.75, 3.05) is 6.61 Å². The van der Waals surface area contributed by atoms with E-state index in [1.165, 1.54) is 44.9 Å². The first-order valence-electron chi connectivity index (χ1n) is 8.22. The van der Waals surface area contributed by atoms with Gasteiger partial charge in [0.15, 0.2) is 0 Å². The van der Waals surface area contributed by atoms with Crippen LogP contribution in [0.15, 0.2) is 30.3 Å². The fourth-order valence-corrected chi connectivity index (χ4v) is 2.74. The molecule has 20 heavy (non-hydrogen) atoms. The zero-order chi connectivity index (χ0) is 14.0. The standard InChI is InChI=1S/C17H27BO2/c1-2-3-10-15-19-18(16-11-6-4-7-12-16)20-17-13-8-5-9-14-17/h4,6-7,11-12,17H,2-3,5,8-10,13-15H2,1H3. The fraction of sp³-hybridized carbons (Fsp3) is 0.647. The zero-order valence-corrected chi connectivity index (χ0v) is 12.7. The van der Waals surface area contributed by atoms with Crippen LogP contribution in [0, 0.1) is 0 Å². The summed E-state index contributed by atoms with van der Waals surface area (Å²) in [5.41, 5.74) is 1.15. The number of rotatable bonds is 8. The SMILES string of the molecule is CCCCCOB(OC1CCCCC1)c1ccccc1. The molecule has 0 spiro atoms. The van der Waals surface area contributed by atoms with E-state index in [9.17, 15) is 0 Å². The summed E-state index contributed by atoms with van der Waals surface area (Å²) in [4.78, 5) is 0. The van der Waals surface area contributed by atoms with E-state index in [1.54, 1.807) is 0 Å². The number of unbranched alkanes of at least 4 members (excludes halogenated alkanes) is 2. The summed E-state index contributed by atoms with van der Waals surface area (Å²) >= 11 is 0. The first-order chi connectivity index (χ1) is 9.90. The van der Waals surface area contributed by atoms with Crippen LogP contribution in [0.2, 0.25) is 0 Å². The predicted molar refractivity (Wildman–Crippen MR) is 85.3 cm³/mol. The van der Waals surface area contributed by atoms with Gasteiger partial charge >= 0.3 is 7.12 Å². The van der Waals surface area contributed by atoms with Gasteiger partial charge in [0.25, 0.3) is 0 Å². The molecule has 1 aromatic rings. The van der Waals surface area contributed by atoms with E-state index in [4.69, 9.17) is 9.31 Å². The molecule has 1 aliphatic rings. The van der Waals surface area contributed by atoms with Gasteiger partial charge in [-0.05, 0) is 24.7 Å². The van der Waals surface area contributed by atoms with E-state index in [2.05, 4.69) is 31.2 Å². The third kappa shape index (κ3) is 5.30.